The predicted molar refractivity (Wildman–Crippen MR) is 56.3 cm³/mol. The normalized spacial score (nSPS) is 19.1. The summed E-state index contributed by atoms with van der Waals surface area (Å²) in [5, 5.41) is 5.94. The van der Waals surface area contributed by atoms with E-state index < -0.39 is 6.04 Å². The maximum atomic E-state index is 13.4. The van der Waals surface area contributed by atoms with Crippen molar-refractivity contribution in [3.63, 3.8) is 0 Å². The summed E-state index contributed by atoms with van der Waals surface area (Å²) in [5.74, 6) is -0.735. The molecule has 1 aromatic carbocycles. The second-order valence-corrected chi connectivity index (χ2v) is 3.51. The molecule has 0 aromatic heterocycles. The van der Waals surface area contributed by atoms with Crippen molar-refractivity contribution in [3.05, 3.63) is 40.0 Å². The number of fused-ring (bicyclic) bond motifs is 1. The molecule has 1 amide bonds. The van der Waals surface area contributed by atoms with E-state index in [1.807, 2.05) is 0 Å². The minimum absolute atomic E-state index is 0.323. The number of halogens is 1. The van der Waals surface area contributed by atoms with Crippen molar-refractivity contribution in [2.45, 2.75) is 18.9 Å². The van der Waals surface area contributed by atoms with Crippen LogP contribution in [0.2, 0.25) is 0 Å². The van der Waals surface area contributed by atoms with Gasteiger partial charge in [-0.25, -0.2) is 4.39 Å². The van der Waals surface area contributed by atoms with Crippen LogP contribution in [-0.4, -0.2) is 11.9 Å². The smallest absolute Gasteiger partial charge is 0.233 e. The number of nitrogens with one attached hydrogen (secondary N) is 1. The van der Waals surface area contributed by atoms with Gasteiger partial charge in [0.15, 0.2) is 0 Å². The zero-order chi connectivity index (χ0) is 11.5. The van der Waals surface area contributed by atoms with E-state index in [0.29, 0.717) is 24.1 Å². The van der Waals surface area contributed by atoms with Crippen LogP contribution in [-0.2, 0) is 11.2 Å². The number of carbonyl (C=O) groups is 1. The summed E-state index contributed by atoms with van der Waals surface area (Å²) in [4.78, 5) is 14.2. The summed E-state index contributed by atoms with van der Waals surface area (Å²) >= 11 is 0. The van der Waals surface area contributed by atoms with Gasteiger partial charge in [0.1, 0.15) is 11.9 Å². The maximum Gasteiger partial charge on any atom is 0.233 e. The highest BCUT2D eigenvalue weighted by Crippen LogP contribution is 2.25. The molecule has 0 aliphatic carbocycles. The van der Waals surface area contributed by atoms with Crippen LogP contribution < -0.4 is 5.32 Å². The number of carbonyl (C=O) groups excluding carboxylic acids is 1. The van der Waals surface area contributed by atoms with Crippen LogP contribution in [0.15, 0.2) is 23.3 Å². The third-order valence-corrected chi connectivity index (χ3v) is 2.54. The van der Waals surface area contributed by atoms with E-state index in [-0.39, 0.29) is 11.7 Å². The lowest BCUT2D eigenvalue weighted by Gasteiger charge is -2.06. The van der Waals surface area contributed by atoms with Crippen LogP contribution in [0.5, 0.6) is 0 Å². The SMILES string of the molecule is [N-]=[N+]=NC1CCc2c(F)cccc2NC1=O. The standard InChI is InChI=1S/C10H9FN4O/c11-7-2-1-3-8-6(7)4-5-9(14-15-12)10(16)13-8/h1-3,9H,4-5H2,(H,13,16). The van der Waals surface area contributed by atoms with Gasteiger partial charge in [-0.3, -0.25) is 4.79 Å². The van der Waals surface area contributed by atoms with E-state index in [2.05, 4.69) is 15.3 Å². The fourth-order valence-electron chi connectivity index (χ4n) is 1.73. The molecule has 82 valence electrons. The second-order valence-electron chi connectivity index (χ2n) is 3.51. The molecule has 2 rings (SSSR count). The molecule has 0 spiro atoms. The molecule has 0 radical (unpaired) electrons. The molecule has 1 atom stereocenters. The van der Waals surface area contributed by atoms with Crippen LogP contribution in [0.25, 0.3) is 10.4 Å². The zero-order valence-electron chi connectivity index (χ0n) is 8.35. The second kappa shape index (κ2) is 4.20. The van der Waals surface area contributed by atoms with Gasteiger partial charge in [0.25, 0.3) is 0 Å². The molecule has 5 nitrogen and oxygen atoms in total. The molecule has 1 aliphatic heterocycles. The quantitative estimate of drug-likeness (QED) is 0.440. The largest absolute Gasteiger partial charge is 0.325 e. The number of anilines is 1. The molecule has 1 unspecified atom stereocenters. The highest BCUT2D eigenvalue weighted by atomic mass is 19.1. The lowest BCUT2D eigenvalue weighted by molar-refractivity contribution is -0.117. The Hall–Kier alpha value is -2.07. The third kappa shape index (κ3) is 1.83. The lowest BCUT2D eigenvalue weighted by atomic mass is 10.1. The van der Waals surface area contributed by atoms with Gasteiger partial charge >= 0.3 is 0 Å². The Morgan fingerprint density at radius 3 is 3.12 bits per heavy atom. The van der Waals surface area contributed by atoms with Gasteiger partial charge in [-0.05, 0) is 30.5 Å². The summed E-state index contributed by atoms with van der Waals surface area (Å²) < 4.78 is 13.4. The van der Waals surface area contributed by atoms with Crippen molar-refractivity contribution in [2.24, 2.45) is 5.11 Å². The number of benzene rings is 1. The molecule has 1 N–H and O–H groups in total. The van der Waals surface area contributed by atoms with Crippen molar-refractivity contribution in [1.29, 1.82) is 0 Å². The molecule has 0 saturated carbocycles. The first kappa shape index (κ1) is 10.4. The number of amides is 1. The monoisotopic (exact) mass is 220 g/mol. The minimum atomic E-state index is -0.767. The molecule has 16 heavy (non-hydrogen) atoms. The Balaban J connectivity index is 2.36. The fourth-order valence-corrected chi connectivity index (χ4v) is 1.73. The Labute approximate surface area is 90.9 Å². The van der Waals surface area contributed by atoms with Crippen molar-refractivity contribution < 1.29 is 9.18 Å². The van der Waals surface area contributed by atoms with Gasteiger partial charge in [-0.2, -0.15) is 0 Å². The van der Waals surface area contributed by atoms with Gasteiger partial charge < -0.3 is 5.32 Å². The average molecular weight is 220 g/mol. The molecule has 0 bridgehead atoms. The first-order valence-electron chi connectivity index (χ1n) is 4.85. The van der Waals surface area contributed by atoms with Crippen molar-refractivity contribution >= 4 is 11.6 Å². The number of azide groups is 1. The third-order valence-electron chi connectivity index (χ3n) is 2.54. The molecule has 1 aromatic rings. The van der Waals surface area contributed by atoms with E-state index in [0.717, 1.165) is 0 Å². The fraction of sp³-hybridized carbons (Fsp3) is 0.300. The molecular weight excluding hydrogens is 211 g/mol. The van der Waals surface area contributed by atoms with E-state index >= 15 is 0 Å². The van der Waals surface area contributed by atoms with Gasteiger partial charge in [0.05, 0.1) is 0 Å². The van der Waals surface area contributed by atoms with E-state index in [1.165, 1.54) is 12.1 Å². The van der Waals surface area contributed by atoms with Gasteiger partial charge in [0.2, 0.25) is 5.91 Å². The Bertz CT molecular complexity index is 482. The summed E-state index contributed by atoms with van der Waals surface area (Å²) in [6, 6.07) is 3.74. The number of nitrogens with zero attached hydrogens (tertiary/aromatic N) is 3. The summed E-state index contributed by atoms with van der Waals surface area (Å²) in [7, 11) is 0. The predicted octanol–water partition coefficient (Wildman–Crippen LogP) is 2.39. The highest BCUT2D eigenvalue weighted by molar-refractivity contribution is 5.96. The maximum absolute atomic E-state index is 13.4. The highest BCUT2D eigenvalue weighted by Gasteiger charge is 2.23. The van der Waals surface area contributed by atoms with Gasteiger partial charge in [-0.15, -0.1) is 0 Å². The number of rotatable bonds is 1. The van der Waals surface area contributed by atoms with E-state index in [9.17, 15) is 9.18 Å². The summed E-state index contributed by atoms with van der Waals surface area (Å²) in [6.07, 6.45) is 0.703. The summed E-state index contributed by atoms with van der Waals surface area (Å²) in [6.45, 7) is 0. The molecule has 1 aliphatic rings. The molecule has 6 heteroatoms. The summed E-state index contributed by atoms with van der Waals surface area (Å²) in [5.41, 5.74) is 9.23. The Morgan fingerprint density at radius 1 is 1.56 bits per heavy atom. The number of hydrogen-bond acceptors (Lipinski definition) is 2. The first-order chi connectivity index (χ1) is 7.72. The Kier molecular flexibility index (Phi) is 2.74. The van der Waals surface area contributed by atoms with Crippen LogP contribution >= 0.6 is 0 Å². The Morgan fingerprint density at radius 2 is 2.38 bits per heavy atom. The lowest BCUT2D eigenvalue weighted by Crippen LogP contribution is -2.24. The van der Waals surface area contributed by atoms with Crippen LogP contribution in [0.1, 0.15) is 12.0 Å². The van der Waals surface area contributed by atoms with Crippen molar-refractivity contribution in [3.8, 4) is 0 Å². The van der Waals surface area contributed by atoms with Crippen molar-refractivity contribution in [2.75, 3.05) is 5.32 Å². The minimum Gasteiger partial charge on any atom is -0.325 e. The average Bonchev–Trinajstić information content (AvgIpc) is 2.41. The van der Waals surface area contributed by atoms with Crippen LogP contribution in [0.4, 0.5) is 10.1 Å². The first-order valence-corrected chi connectivity index (χ1v) is 4.85. The van der Waals surface area contributed by atoms with Gasteiger partial charge in [-0.1, -0.05) is 11.2 Å². The molecule has 1 heterocycles. The molecular formula is C10H9FN4O. The van der Waals surface area contributed by atoms with Crippen molar-refractivity contribution in [1.82, 2.24) is 0 Å². The van der Waals surface area contributed by atoms with E-state index in [4.69, 9.17) is 5.53 Å². The molecule has 0 saturated heterocycles. The van der Waals surface area contributed by atoms with E-state index in [1.54, 1.807) is 6.07 Å². The number of hydrogen-bond donors (Lipinski definition) is 1. The van der Waals surface area contributed by atoms with Gasteiger partial charge in [0, 0.05) is 16.2 Å². The topological polar surface area (TPSA) is 77.9 Å². The zero-order valence-corrected chi connectivity index (χ0v) is 8.35. The molecule has 0 fully saturated rings. The van der Waals surface area contributed by atoms with Crippen LogP contribution in [0, 0.1) is 5.82 Å². The van der Waals surface area contributed by atoms with Crippen LogP contribution in [0.3, 0.4) is 0 Å².